The summed E-state index contributed by atoms with van der Waals surface area (Å²) in [7, 11) is 11.6. The van der Waals surface area contributed by atoms with Crippen LogP contribution in [-0.2, 0) is 18.9 Å². The Morgan fingerprint density at radius 1 is 0.583 bits per heavy atom. The van der Waals surface area contributed by atoms with E-state index < -0.39 is 6.29 Å². The van der Waals surface area contributed by atoms with E-state index in [1.165, 1.54) is 50.3 Å². The van der Waals surface area contributed by atoms with Crippen LogP contribution in [0.5, 0.6) is 0 Å². The minimum absolute atomic E-state index is 0.0928. The number of hydrogen-bond donors (Lipinski definition) is 0. The molecule has 0 unspecified atom stereocenters. The predicted molar refractivity (Wildman–Crippen MR) is 113 cm³/mol. The van der Waals surface area contributed by atoms with Gasteiger partial charge in [-0.05, 0) is 0 Å². The summed E-state index contributed by atoms with van der Waals surface area (Å²) in [6, 6.07) is 0. The van der Waals surface area contributed by atoms with Gasteiger partial charge in [0.1, 0.15) is 0 Å². The zero-order valence-electron chi connectivity index (χ0n) is 15.8. The van der Waals surface area contributed by atoms with Crippen LogP contribution in [0, 0.1) is 0 Å². The molecule has 24 heavy (non-hydrogen) atoms. The predicted octanol–water partition coefficient (Wildman–Crippen LogP) is 5.26. The van der Waals surface area contributed by atoms with E-state index in [1.54, 1.807) is 0 Å². The molecule has 1 rings (SSSR count). The fourth-order valence-corrected chi connectivity index (χ4v) is 37.6. The molecule has 4 nitrogen and oxygen atoms in total. The molecule has 0 saturated carbocycles. The minimum atomic E-state index is -1.78. The normalized spacial score (nSPS) is 14.1. The molecule has 1 aromatic rings. The van der Waals surface area contributed by atoms with Crippen LogP contribution in [-0.4, -0.2) is 79.5 Å². The van der Waals surface area contributed by atoms with Gasteiger partial charge in [-0.25, -0.2) is 0 Å². The Morgan fingerprint density at radius 3 is 1.08 bits per heavy atom. The second-order valence-corrected chi connectivity index (χ2v) is 25.6. The molecular weight excluding hydrogens is 382 g/mol. The zero-order chi connectivity index (χ0) is 17.8. The van der Waals surface area contributed by atoms with Crippen LogP contribution in [0.15, 0.2) is 0 Å². The zero-order valence-corrected chi connectivity index (χ0v) is 19.3. The molecule has 0 saturated heterocycles. The number of rotatable bonds is 17. The summed E-state index contributed by atoms with van der Waals surface area (Å²) in [6.45, 7) is 3.54. The first-order chi connectivity index (χ1) is 11.7. The van der Waals surface area contributed by atoms with Gasteiger partial charge in [-0.1, -0.05) is 0 Å². The van der Waals surface area contributed by atoms with E-state index in [9.17, 15) is 0 Å². The molecule has 0 bridgehead atoms. The third-order valence-corrected chi connectivity index (χ3v) is 32.5. The Bertz CT molecular complexity index is 346. The van der Waals surface area contributed by atoms with Crippen LogP contribution < -0.4 is 0 Å². The van der Waals surface area contributed by atoms with Crippen molar-refractivity contribution in [3.05, 3.63) is 0 Å². The quantitative estimate of drug-likeness (QED) is 0.196. The maximum absolute atomic E-state index is 5.40. The number of hydrogen-bond acceptors (Lipinski definition) is 6. The summed E-state index contributed by atoms with van der Waals surface area (Å²) in [5.41, 5.74) is 0.0928. The first-order valence-corrected chi connectivity index (χ1v) is 17.2. The van der Waals surface area contributed by atoms with Gasteiger partial charge >= 0.3 is 156 Å². The van der Waals surface area contributed by atoms with Gasteiger partial charge < -0.3 is 0 Å². The van der Waals surface area contributed by atoms with Gasteiger partial charge in [0.25, 0.3) is 0 Å². The van der Waals surface area contributed by atoms with Crippen molar-refractivity contribution in [2.75, 3.05) is 79.5 Å². The van der Waals surface area contributed by atoms with Crippen molar-refractivity contribution < 1.29 is 18.9 Å². The molecule has 0 radical (unpaired) electrons. The van der Waals surface area contributed by atoms with Crippen LogP contribution in [0.4, 0.5) is 0 Å². The van der Waals surface area contributed by atoms with Gasteiger partial charge in [0, 0.05) is 0 Å². The van der Waals surface area contributed by atoms with Crippen molar-refractivity contribution in [3.63, 3.8) is 0 Å². The van der Waals surface area contributed by atoms with Crippen LogP contribution in [0.2, 0.25) is 0 Å². The number of ether oxygens (including phenoxy) is 4. The second kappa shape index (κ2) is 12.4. The molecule has 0 aliphatic carbocycles. The fourth-order valence-electron chi connectivity index (χ4n) is 3.66. The maximum atomic E-state index is 5.40. The van der Waals surface area contributed by atoms with Crippen molar-refractivity contribution >= 4 is 31.8 Å². The van der Waals surface area contributed by atoms with Crippen molar-refractivity contribution in [2.45, 2.75) is 25.7 Å². The monoisotopic (exact) mass is 418 g/mol. The summed E-state index contributed by atoms with van der Waals surface area (Å²) in [4.78, 5) is 0. The van der Waals surface area contributed by atoms with Crippen LogP contribution in [0.25, 0.3) is 0 Å². The SMILES string of the molecule is COCCCP(CCCOC)(CCCOC)(CCCOC)p1ss1. The average Bonchev–Trinajstić information content (AvgIpc) is 3.42. The molecule has 1 heterocycles. The molecule has 0 fully saturated rings. The molecule has 0 N–H and O–H groups in total. The molecule has 0 amide bonds. The number of methoxy groups -OCH3 is 4. The summed E-state index contributed by atoms with van der Waals surface area (Å²) in [5.74, 6) is 0. The van der Waals surface area contributed by atoms with Gasteiger partial charge in [-0.15, -0.1) is 0 Å². The van der Waals surface area contributed by atoms with E-state index in [2.05, 4.69) is 19.9 Å². The molecule has 0 aromatic carbocycles. The molecule has 146 valence electrons. The first-order valence-electron chi connectivity index (χ1n) is 8.78. The van der Waals surface area contributed by atoms with E-state index in [-0.39, 0.29) is 5.58 Å². The van der Waals surface area contributed by atoms with Crippen LogP contribution in [0.1, 0.15) is 25.7 Å². The van der Waals surface area contributed by atoms with E-state index in [4.69, 9.17) is 18.9 Å². The summed E-state index contributed by atoms with van der Waals surface area (Å²) >= 11 is 0. The van der Waals surface area contributed by atoms with Gasteiger partial charge in [-0.2, -0.15) is 0 Å². The molecular formula is C16H36O4P2S2. The van der Waals surface area contributed by atoms with E-state index in [1.807, 2.05) is 28.4 Å². The van der Waals surface area contributed by atoms with E-state index in [0.29, 0.717) is 0 Å². The summed E-state index contributed by atoms with van der Waals surface area (Å²) < 4.78 is 21.6. The summed E-state index contributed by atoms with van der Waals surface area (Å²) in [6.07, 6.45) is 8.51. The molecule has 0 atom stereocenters. The Labute approximate surface area is 156 Å². The topological polar surface area (TPSA) is 36.9 Å². The second-order valence-electron chi connectivity index (χ2n) is 6.57. The van der Waals surface area contributed by atoms with Crippen molar-refractivity contribution in [3.8, 4) is 0 Å². The Kier molecular flexibility index (Phi) is 11.9. The van der Waals surface area contributed by atoms with E-state index >= 15 is 0 Å². The van der Waals surface area contributed by atoms with Crippen molar-refractivity contribution in [2.24, 2.45) is 0 Å². The Morgan fingerprint density at radius 2 is 0.875 bits per heavy atom. The average molecular weight is 419 g/mol. The van der Waals surface area contributed by atoms with Gasteiger partial charge in [0.05, 0.1) is 0 Å². The third-order valence-electron chi connectivity index (χ3n) is 4.93. The Balaban J connectivity index is 2.99. The molecule has 0 aliphatic heterocycles. The molecule has 0 aliphatic rings. The van der Waals surface area contributed by atoms with Crippen LogP contribution in [0.3, 0.4) is 0 Å². The molecule has 8 heteroatoms. The third kappa shape index (κ3) is 6.96. The van der Waals surface area contributed by atoms with E-state index in [0.717, 1.165) is 26.4 Å². The van der Waals surface area contributed by atoms with Gasteiger partial charge in [0.15, 0.2) is 0 Å². The fraction of sp³-hybridized carbons (Fsp3) is 1.00. The van der Waals surface area contributed by atoms with Gasteiger partial charge in [-0.3, -0.25) is 0 Å². The van der Waals surface area contributed by atoms with Gasteiger partial charge in [0.2, 0.25) is 0 Å². The Hall–Kier alpha value is 1.01. The standard InChI is InChI=1S/C16H36O4P2S2/c1-17-9-5-13-22(21-23-24-21,14-6-10-18-2,15-7-11-19-3)16-8-12-20-4/h5-16H2,1-4H3. The van der Waals surface area contributed by atoms with Crippen LogP contribution >= 0.6 is 31.8 Å². The molecule has 0 spiro atoms. The summed E-state index contributed by atoms with van der Waals surface area (Å²) in [5, 5.41) is 0. The van der Waals surface area contributed by atoms with Crippen molar-refractivity contribution in [1.82, 2.24) is 0 Å². The first kappa shape index (κ1) is 23.0. The molecule has 1 aromatic heterocycles. The van der Waals surface area contributed by atoms with Crippen molar-refractivity contribution in [1.29, 1.82) is 0 Å².